The Morgan fingerprint density at radius 1 is 0.274 bits per heavy atom. The first-order chi connectivity index (χ1) is 51.4. The molecule has 0 saturated carbocycles. The highest BCUT2D eigenvalue weighted by atomic mass is 31.2. The van der Waals surface area contributed by atoms with Gasteiger partial charge < -0.3 is 33.8 Å². The first-order valence-electron chi connectivity index (χ1n) is 45.0. The van der Waals surface area contributed by atoms with Crippen LogP contribution in [0.2, 0.25) is 0 Å². The predicted octanol–water partition coefficient (Wildman–Crippen LogP) is 26.6. The molecule has 0 rings (SSSR count). The van der Waals surface area contributed by atoms with E-state index in [0.29, 0.717) is 25.7 Å². The van der Waals surface area contributed by atoms with Gasteiger partial charge in [-0.1, -0.05) is 414 Å². The maximum Gasteiger partial charge on any atom is 0.472 e. The SMILES string of the molecule is CCCCCCCCCCCCCCCCCCCCCC(=O)OC[C@H](COP(=O)(O)OC[C@@H](O)COP(=O)(O)OC[C@@H](COC(=O)CCCCCCCCCCC)OC(=O)CCCCCCCCCCCCCCCC(C)C)OC(=O)CCCCCCCCCCCCCCCCCCCCC(C)CC. The Bertz CT molecular complexity index is 2030. The molecule has 0 saturated heterocycles. The van der Waals surface area contributed by atoms with Gasteiger partial charge in [0.05, 0.1) is 26.4 Å². The number of phosphoric acid groups is 2. The Morgan fingerprint density at radius 2 is 0.481 bits per heavy atom. The number of hydrogen-bond donors (Lipinski definition) is 3. The Balaban J connectivity index is 5.20. The normalized spacial score (nSPS) is 14.1. The summed E-state index contributed by atoms with van der Waals surface area (Å²) in [6.45, 7) is 9.74. The number of phosphoric ester groups is 2. The summed E-state index contributed by atoms with van der Waals surface area (Å²) in [7, 11) is -9.93. The van der Waals surface area contributed by atoms with Crippen LogP contribution in [0, 0.1) is 11.8 Å². The van der Waals surface area contributed by atoms with E-state index in [0.717, 1.165) is 102 Å². The molecular formula is C87H170O17P2. The van der Waals surface area contributed by atoms with Crippen LogP contribution in [-0.2, 0) is 65.4 Å². The molecule has 0 aromatic heterocycles. The van der Waals surface area contributed by atoms with Crippen molar-refractivity contribution < 1.29 is 80.2 Å². The molecule has 0 aliphatic heterocycles. The average molecular weight is 1550 g/mol. The summed E-state index contributed by atoms with van der Waals surface area (Å²) in [5.41, 5.74) is 0. The van der Waals surface area contributed by atoms with Crippen molar-refractivity contribution in [1.29, 1.82) is 0 Å². The molecule has 0 spiro atoms. The third-order valence-electron chi connectivity index (χ3n) is 20.8. The second-order valence-corrected chi connectivity index (χ2v) is 34.9. The molecule has 0 radical (unpaired) electrons. The van der Waals surface area contributed by atoms with Crippen LogP contribution in [0.4, 0.5) is 0 Å². The number of carbonyl (C=O) groups excluding carboxylic acids is 4. The van der Waals surface area contributed by atoms with Gasteiger partial charge >= 0.3 is 39.5 Å². The van der Waals surface area contributed by atoms with E-state index in [2.05, 4.69) is 41.5 Å². The predicted molar refractivity (Wildman–Crippen MR) is 437 cm³/mol. The van der Waals surface area contributed by atoms with Crippen LogP contribution in [0.1, 0.15) is 465 Å². The molecule has 17 nitrogen and oxygen atoms in total. The highest BCUT2D eigenvalue weighted by Gasteiger charge is 2.30. The number of esters is 4. The van der Waals surface area contributed by atoms with Crippen LogP contribution in [0.25, 0.3) is 0 Å². The van der Waals surface area contributed by atoms with E-state index in [1.54, 1.807) is 0 Å². The number of hydrogen-bond acceptors (Lipinski definition) is 15. The lowest BCUT2D eigenvalue weighted by molar-refractivity contribution is -0.161. The Labute approximate surface area is 651 Å². The van der Waals surface area contributed by atoms with Gasteiger partial charge in [0.2, 0.25) is 0 Å². The summed E-state index contributed by atoms with van der Waals surface area (Å²) >= 11 is 0. The topological polar surface area (TPSA) is 237 Å². The van der Waals surface area contributed by atoms with Crippen molar-refractivity contribution in [2.75, 3.05) is 39.6 Å². The van der Waals surface area contributed by atoms with Crippen LogP contribution in [0.5, 0.6) is 0 Å². The van der Waals surface area contributed by atoms with Gasteiger partial charge in [0.25, 0.3) is 0 Å². The van der Waals surface area contributed by atoms with E-state index in [1.807, 2.05) is 0 Å². The van der Waals surface area contributed by atoms with Crippen LogP contribution >= 0.6 is 15.6 Å². The largest absolute Gasteiger partial charge is 0.472 e. The molecule has 106 heavy (non-hydrogen) atoms. The molecule has 3 N–H and O–H groups in total. The molecule has 630 valence electrons. The Kier molecular flexibility index (Phi) is 76.9. The van der Waals surface area contributed by atoms with Gasteiger partial charge in [0.15, 0.2) is 12.2 Å². The number of aliphatic hydroxyl groups excluding tert-OH is 1. The maximum atomic E-state index is 13.2. The lowest BCUT2D eigenvalue weighted by Crippen LogP contribution is -2.30. The van der Waals surface area contributed by atoms with Crippen LogP contribution in [-0.4, -0.2) is 96.7 Å². The fraction of sp³-hybridized carbons (Fsp3) is 0.954. The maximum absolute atomic E-state index is 13.2. The zero-order chi connectivity index (χ0) is 77.8. The molecule has 3 unspecified atom stereocenters. The van der Waals surface area contributed by atoms with Gasteiger partial charge in [0.1, 0.15) is 19.3 Å². The van der Waals surface area contributed by atoms with Crippen molar-refractivity contribution in [2.45, 2.75) is 484 Å². The lowest BCUT2D eigenvalue weighted by atomic mass is 9.99. The molecule has 6 atom stereocenters. The van der Waals surface area contributed by atoms with Crippen molar-refractivity contribution >= 4 is 39.5 Å². The summed E-state index contributed by atoms with van der Waals surface area (Å²) < 4.78 is 68.9. The Morgan fingerprint density at radius 3 is 0.717 bits per heavy atom. The van der Waals surface area contributed by atoms with Crippen molar-refractivity contribution in [3.63, 3.8) is 0 Å². The second kappa shape index (κ2) is 78.3. The Hall–Kier alpha value is -1.94. The smallest absolute Gasteiger partial charge is 0.462 e. The number of rotatable bonds is 86. The summed E-state index contributed by atoms with van der Waals surface area (Å²) in [6.07, 6.45) is 70.8. The molecule has 0 aromatic rings. The molecule has 0 aromatic carbocycles. The summed E-state index contributed by atoms with van der Waals surface area (Å²) in [6, 6.07) is 0. The number of unbranched alkanes of at least 4 members (excludes halogenated alkanes) is 55. The highest BCUT2D eigenvalue weighted by Crippen LogP contribution is 2.45. The summed E-state index contributed by atoms with van der Waals surface area (Å²) in [5.74, 6) is -0.444. The quantitative estimate of drug-likeness (QED) is 0.0222. The van der Waals surface area contributed by atoms with Gasteiger partial charge in [-0.3, -0.25) is 37.3 Å². The van der Waals surface area contributed by atoms with E-state index in [4.69, 9.17) is 37.0 Å². The van der Waals surface area contributed by atoms with Gasteiger partial charge in [-0.25, -0.2) is 9.13 Å². The minimum atomic E-state index is -4.97. The fourth-order valence-corrected chi connectivity index (χ4v) is 15.1. The first kappa shape index (κ1) is 104. The van der Waals surface area contributed by atoms with Crippen molar-refractivity contribution in [3.05, 3.63) is 0 Å². The van der Waals surface area contributed by atoms with Crippen LogP contribution in [0.3, 0.4) is 0 Å². The monoisotopic (exact) mass is 1550 g/mol. The van der Waals surface area contributed by atoms with Crippen molar-refractivity contribution in [1.82, 2.24) is 0 Å². The van der Waals surface area contributed by atoms with Gasteiger partial charge in [-0.15, -0.1) is 0 Å². The van der Waals surface area contributed by atoms with E-state index in [-0.39, 0.29) is 25.7 Å². The van der Waals surface area contributed by atoms with Gasteiger partial charge in [-0.2, -0.15) is 0 Å². The zero-order valence-corrected chi connectivity index (χ0v) is 71.5. The van der Waals surface area contributed by atoms with Crippen LogP contribution < -0.4 is 0 Å². The van der Waals surface area contributed by atoms with Gasteiger partial charge in [-0.05, 0) is 37.5 Å². The third-order valence-corrected chi connectivity index (χ3v) is 22.7. The molecular weight excluding hydrogens is 1380 g/mol. The molecule has 0 aliphatic carbocycles. The second-order valence-electron chi connectivity index (χ2n) is 32.0. The molecule has 0 heterocycles. The number of carbonyl (C=O) groups is 4. The van der Waals surface area contributed by atoms with Crippen molar-refractivity contribution in [3.8, 4) is 0 Å². The van der Waals surface area contributed by atoms with E-state index in [1.165, 1.54) is 283 Å². The zero-order valence-electron chi connectivity index (χ0n) is 69.7. The highest BCUT2D eigenvalue weighted by molar-refractivity contribution is 7.47. The number of ether oxygens (including phenoxy) is 4. The molecule has 0 fully saturated rings. The van der Waals surface area contributed by atoms with Crippen LogP contribution in [0.15, 0.2) is 0 Å². The van der Waals surface area contributed by atoms with E-state index in [9.17, 15) is 43.2 Å². The lowest BCUT2D eigenvalue weighted by Gasteiger charge is -2.21. The molecule has 19 heteroatoms. The minimum Gasteiger partial charge on any atom is -0.462 e. The van der Waals surface area contributed by atoms with Gasteiger partial charge in [0, 0.05) is 25.7 Å². The number of aliphatic hydroxyl groups is 1. The average Bonchev–Trinajstić information content (AvgIpc) is 0.900. The van der Waals surface area contributed by atoms with E-state index < -0.39 is 97.5 Å². The third kappa shape index (κ3) is 78.7. The molecule has 0 amide bonds. The summed E-state index contributed by atoms with van der Waals surface area (Å²) in [4.78, 5) is 73.2. The first-order valence-corrected chi connectivity index (χ1v) is 48.0. The molecule has 0 aliphatic rings. The standard InChI is InChI=1S/C87H170O17P2/c1-7-10-12-14-16-18-19-20-21-22-23-27-30-35-40-46-52-58-64-70-85(90)98-76-83(104-86(91)71-65-59-53-47-41-36-31-28-25-24-26-29-34-39-45-50-56-62-68-80(6)9-3)78-102-106(95,96)100-74-81(88)73-99-105(93,94)101-77-82(75-97-84(89)69-63-57-51-43-17-15-13-11-8-2)103-87(92)72-66-60-54-48-42-37-32-33-38-44-49-55-61-67-79(4)5/h79-83,88H,7-78H2,1-6H3,(H,93,94)(H,95,96)/t80?,81-,82+,83+/m0/s1. The van der Waals surface area contributed by atoms with E-state index >= 15 is 0 Å². The minimum absolute atomic E-state index is 0.108. The fourth-order valence-electron chi connectivity index (χ4n) is 13.6. The van der Waals surface area contributed by atoms with Crippen molar-refractivity contribution in [2.24, 2.45) is 11.8 Å². The molecule has 0 bridgehead atoms. The summed E-state index contributed by atoms with van der Waals surface area (Å²) in [5, 5.41) is 10.7.